The SMILES string of the molecule is CC(CC(N)Cc1ccc2c(c1)CCC2)C(C)(C)C. The highest BCUT2D eigenvalue weighted by Crippen LogP contribution is 2.29. The summed E-state index contributed by atoms with van der Waals surface area (Å²) < 4.78 is 0. The molecule has 2 N–H and O–H groups in total. The van der Waals surface area contributed by atoms with Crippen LogP contribution in [-0.2, 0) is 19.3 Å². The molecule has 2 atom stereocenters. The molecule has 0 heterocycles. The van der Waals surface area contributed by atoms with Crippen LogP contribution in [0.25, 0.3) is 0 Å². The van der Waals surface area contributed by atoms with Gasteiger partial charge in [-0.25, -0.2) is 0 Å². The van der Waals surface area contributed by atoms with Crippen LogP contribution < -0.4 is 5.73 Å². The molecular weight excluding hydrogens is 230 g/mol. The van der Waals surface area contributed by atoms with Crippen molar-refractivity contribution in [1.29, 1.82) is 0 Å². The molecule has 106 valence electrons. The fraction of sp³-hybridized carbons (Fsp3) is 0.667. The lowest BCUT2D eigenvalue weighted by Gasteiger charge is -2.29. The minimum atomic E-state index is 0.286. The Morgan fingerprint density at radius 2 is 1.84 bits per heavy atom. The third-order valence-corrected chi connectivity index (χ3v) is 4.80. The summed E-state index contributed by atoms with van der Waals surface area (Å²) in [4.78, 5) is 0. The van der Waals surface area contributed by atoms with Crippen molar-refractivity contribution in [3.63, 3.8) is 0 Å². The van der Waals surface area contributed by atoms with E-state index >= 15 is 0 Å². The van der Waals surface area contributed by atoms with Gasteiger partial charge in [-0.3, -0.25) is 0 Å². The summed E-state index contributed by atoms with van der Waals surface area (Å²) in [5.41, 5.74) is 11.2. The zero-order valence-corrected chi connectivity index (χ0v) is 13.0. The van der Waals surface area contributed by atoms with Crippen molar-refractivity contribution in [3.8, 4) is 0 Å². The molecule has 19 heavy (non-hydrogen) atoms. The Bertz CT molecular complexity index is 428. The Labute approximate surface area is 118 Å². The molecule has 0 aromatic heterocycles. The average molecular weight is 259 g/mol. The first-order valence-corrected chi connectivity index (χ1v) is 7.72. The minimum Gasteiger partial charge on any atom is -0.327 e. The fourth-order valence-electron chi connectivity index (χ4n) is 2.95. The van der Waals surface area contributed by atoms with Crippen LogP contribution in [0.15, 0.2) is 18.2 Å². The molecule has 2 rings (SSSR count). The number of fused-ring (bicyclic) bond motifs is 1. The van der Waals surface area contributed by atoms with Gasteiger partial charge >= 0.3 is 0 Å². The highest BCUT2D eigenvalue weighted by molar-refractivity contribution is 5.35. The maximum absolute atomic E-state index is 6.35. The number of benzene rings is 1. The summed E-state index contributed by atoms with van der Waals surface area (Å²) in [6.45, 7) is 9.24. The molecular formula is C18H29N. The van der Waals surface area contributed by atoms with Crippen molar-refractivity contribution in [2.75, 3.05) is 0 Å². The molecule has 0 saturated heterocycles. The third-order valence-electron chi connectivity index (χ3n) is 4.80. The van der Waals surface area contributed by atoms with Crippen LogP contribution in [0.4, 0.5) is 0 Å². The number of hydrogen-bond donors (Lipinski definition) is 1. The molecule has 0 saturated carbocycles. The van der Waals surface area contributed by atoms with E-state index in [2.05, 4.69) is 45.9 Å². The van der Waals surface area contributed by atoms with Crippen molar-refractivity contribution in [2.24, 2.45) is 17.1 Å². The number of rotatable bonds is 4. The molecule has 1 aromatic rings. The summed E-state index contributed by atoms with van der Waals surface area (Å²) >= 11 is 0. The molecule has 0 spiro atoms. The molecule has 1 heteroatoms. The zero-order valence-electron chi connectivity index (χ0n) is 13.0. The molecule has 2 unspecified atom stereocenters. The van der Waals surface area contributed by atoms with Crippen LogP contribution in [0, 0.1) is 11.3 Å². The van der Waals surface area contributed by atoms with Crippen LogP contribution in [0.3, 0.4) is 0 Å². The third kappa shape index (κ3) is 3.82. The lowest BCUT2D eigenvalue weighted by atomic mass is 9.78. The Morgan fingerprint density at radius 3 is 2.53 bits per heavy atom. The van der Waals surface area contributed by atoms with Crippen molar-refractivity contribution in [1.82, 2.24) is 0 Å². The molecule has 1 nitrogen and oxygen atoms in total. The van der Waals surface area contributed by atoms with Crippen molar-refractivity contribution in [2.45, 2.75) is 65.8 Å². The smallest absolute Gasteiger partial charge is 0.00820 e. The van der Waals surface area contributed by atoms with Gasteiger partial charge in [-0.1, -0.05) is 45.9 Å². The van der Waals surface area contributed by atoms with Gasteiger partial charge in [0.2, 0.25) is 0 Å². The summed E-state index contributed by atoms with van der Waals surface area (Å²) in [6.07, 6.45) is 5.99. The van der Waals surface area contributed by atoms with Gasteiger partial charge in [-0.15, -0.1) is 0 Å². The maximum Gasteiger partial charge on any atom is 0.00820 e. The summed E-state index contributed by atoms with van der Waals surface area (Å²) in [6, 6.07) is 7.28. The highest BCUT2D eigenvalue weighted by Gasteiger charge is 2.22. The predicted octanol–water partition coefficient (Wildman–Crippen LogP) is 4.12. The Balaban J connectivity index is 1.94. The number of aryl methyl sites for hydroxylation is 2. The van der Waals surface area contributed by atoms with E-state index in [0.29, 0.717) is 11.3 Å². The Kier molecular flexibility index (Phi) is 4.35. The second kappa shape index (κ2) is 5.66. The molecule has 1 aliphatic carbocycles. The van der Waals surface area contributed by atoms with E-state index < -0.39 is 0 Å². The van der Waals surface area contributed by atoms with E-state index in [1.54, 1.807) is 11.1 Å². The summed E-state index contributed by atoms with van der Waals surface area (Å²) in [5, 5.41) is 0. The number of hydrogen-bond acceptors (Lipinski definition) is 1. The lowest BCUT2D eigenvalue weighted by molar-refractivity contribution is 0.233. The standard InChI is InChI=1S/C18H29N/c1-13(18(2,3)4)10-17(19)12-14-8-9-15-6-5-7-16(15)11-14/h8-9,11,13,17H,5-7,10,12,19H2,1-4H3. The summed E-state index contributed by atoms with van der Waals surface area (Å²) in [7, 11) is 0. The quantitative estimate of drug-likeness (QED) is 0.865. The van der Waals surface area contributed by atoms with Gasteiger partial charge in [0.25, 0.3) is 0 Å². The largest absolute Gasteiger partial charge is 0.327 e. The van der Waals surface area contributed by atoms with E-state index in [0.717, 1.165) is 12.8 Å². The fourth-order valence-corrected chi connectivity index (χ4v) is 2.95. The van der Waals surface area contributed by atoms with E-state index in [1.165, 1.54) is 24.8 Å². The van der Waals surface area contributed by atoms with Crippen LogP contribution in [0.5, 0.6) is 0 Å². The van der Waals surface area contributed by atoms with Crippen LogP contribution >= 0.6 is 0 Å². The van der Waals surface area contributed by atoms with Crippen molar-refractivity contribution < 1.29 is 0 Å². The van der Waals surface area contributed by atoms with Crippen LogP contribution in [0.1, 0.15) is 57.2 Å². The molecule has 0 radical (unpaired) electrons. The minimum absolute atomic E-state index is 0.286. The van der Waals surface area contributed by atoms with E-state index in [-0.39, 0.29) is 6.04 Å². The molecule has 0 amide bonds. The topological polar surface area (TPSA) is 26.0 Å². The first-order chi connectivity index (χ1) is 8.86. The highest BCUT2D eigenvalue weighted by atomic mass is 14.6. The second-order valence-electron chi connectivity index (χ2n) is 7.42. The van der Waals surface area contributed by atoms with E-state index in [9.17, 15) is 0 Å². The van der Waals surface area contributed by atoms with Gasteiger partial charge in [-0.05, 0) is 60.1 Å². The first-order valence-electron chi connectivity index (χ1n) is 7.72. The Hall–Kier alpha value is -0.820. The monoisotopic (exact) mass is 259 g/mol. The second-order valence-corrected chi connectivity index (χ2v) is 7.42. The predicted molar refractivity (Wildman–Crippen MR) is 83.4 cm³/mol. The van der Waals surface area contributed by atoms with Gasteiger partial charge in [0.1, 0.15) is 0 Å². The van der Waals surface area contributed by atoms with E-state index in [1.807, 2.05) is 0 Å². The average Bonchev–Trinajstić information content (AvgIpc) is 2.74. The van der Waals surface area contributed by atoms with Crippen LogP contribution in [-0.4, -0.2) is 6.04 Å². The normalized spacial score (nSPS) is 18.2. The molecule has 0 aliphatic heterocycles. The first kappa shape index (κ1) is 14.6. The lowest BCUT2D eigenvalue weighted by Crippen LogP contribution is -2.30. The van der Waals surface area contributed by atoms with Crippen molar-refractivity contribution in [3.05, 3.63) is 34.9 Å². The molecule has 1 aliphatic rings. The number of nitrogens with two attached hydrogens (primary N) is 1. The van der Waals surface area contributed by atoms with Crippen molar-refractivity contribution >= 4 is 0 Å². The van der Waals surface area contributed by atoms with Gasteiger partial charge < -0.3 is 5.73 Å². The van der Waals surface area contributed by atoms with Gasteiger partial charge in [-0.2, -0.15) is 0 Å². The van der Waals surface area contributed by atoms with Gasteiger partial charge in [0, 0.05) is 6.04 Å². The molecule has 0 bridgehead atoms. The van der Waals surface area contributed by atoms with Gasteiger partial charge in [0.05, 0.1) is 0 Å². The summed E-state index contributed by atoms with van der Waals surface area (Å²) in [5.74, 6) is 0.664. The van der Waals surface area contributed by atoms with E-state index in [4.69, 9.17) is 5.73 Å². The van der Waals surface area contributed by atoms with Crippen LogP contribution in [0.2, 0.25) is 0 Å². The Morgan fingerprint density at radius 1 is 1.16 bits per heavy atom. The molecule has 0 fully saturated rings. The maximum atomic E-state index is 6.35. The zero-order chi connectivity index (χ0) is 14.0. The van der Waals surface area contributed by atoms with Gasteiger partial charge in [0.15, 0.2) is 0 Å². The molecule has 1 aromatic carbocycles.